The van der Waals surface area contributed by atoms with Crippen molar-refractivity contribution in [3.05, 3.63) is 59.7 Å². The fourth-order valence-corrected chi connectivity index (χ4v) is 2.12. The van der Waals surface area contributed by atoms with Crippen molar-refractivity contribution in [3.8, 4) is 11.8 Å². The van der Waals surface area contributed by atoms with E-state index in [9.17, 15) is 0 Å². The Bertz CT molecular complexity index is 599. The molecule has 20 heavy (non-hydrogen) atoms. The standard InChI is InChI=1S/C17H18N2O/c1-19(16-9-7-14(13-18)8-10-16)12-11-15-5-3-4-6-17(15)20-2/h3-10H,11-12H2,1-2H3. The number of benzene rings is 2. The van der Waals surface area contributed by atoms with Gasteiger partial charge < -0.3 is 9.64 Å². The molecule has 0 amide bonds. The molecule has 0 aliphatic carbocycles. The highest BCUT2D eigenvalue weighted by Gasteiger charge is 2.05. The lowest BCUT2D eigenvalue weighted by atomic mass is 10.1. The Morgan fingerprint density at radius 2 is 1.80 bits per heavy atom. The molecule has 0 aliphatic rings. The summed E-state index contributed by atoms with van der Waals surface area (Å²) in [6, 6.07) is 17.8. The quantitative estimate of drug-likeness (QED) is 0.833. The fraction of sp³-hybridized carbons (Fsp3) is 0.235. The number of anilines is 1. The molecule has 3 heteroatoms. The molecule has 0 bridgehead atoms. The molecule has 102 valence electrons. The molecule has 0 radical (unpaired) electrons. The van der Waals surface area contributed by atoms with Gasteiger partial charge in [-0.05, 0) is 42.3 Å². The Kier molecular flexibility index (Phi) is 4.62. The molecule has 0 atom stereocenters. The largest absolute Gasteiger partial charge is 0.496 e. The van der Waals surface area contributed by atoms with Crippen molar-refractivity contribution in [2.45, 2.75) is 6.42 Å². The van der Waals surface area contributed by atoms with E-state index in [4.69, 9.17) is 10.00 Å². The van der Waals surface area contributed by atoms with Gasteiger partial charge in [-0.15, -0.1) is 0 Å². The molecule has 0 unspecified atom stereocenters. The Labute approximate surface area is 120 Å². The number of hydrogen-bond acceptors (Lipinski definition) is 3. The Morgan fingerprint density at radius 3 is 2.45 bits per heavy atom. The highest BCUT2D eigenvalue weighted by molar-refractivity contribution is 5.49. The van der Waals surface area contributed by atoms with Crippen LogP contribution in [0.1, 0.15) is 11.1 Å². The second-order valence-electron chi connectivity index (χ2n) is 4.64. The van der Waals surface area contributed by atoms with Gasteiger partial charge in [-0.3, -0.25) is 0 Å². The van der Waals surface area contributed by atoms with Crippen LogP contribution < -0.4 is 9.64 Å². The van der Waals surface area contributed by atoms with Gasteiger partial charge in [0.25, 0.3) is 0 Å². The maximum Gasteiger partial charge on any atom is 0.122 e. The summed E-state index contributed by atoms with van der Waals surface area (Å²) in [5.74, 6) is 0.931. The van der Waals surface area contributed by atoms with Crippen LogP contribution in [0.4, 0.5) is 5.69 Å². The minimum atomic E-state index is 0.687. The van der Waals surface area contributed by atoms with Crippen molar-refractivity contribution in [1.29, 1.82) is 5.26 Å². The van der Waals surface area contributed by atoms with Gasteiger partial charge in [-0.1, -0.05) is 18.2 Å². The van der Waals surface area contributed by atoms with Crippen LogP contribution in [0.2, 0.25) is 0 Å². The van der Waals surface area contributed by atoms with Crippen LogP contribution in [-0.2, 0) is 6.42 Å². The maximum absolute atomic E-state index is 8.80. The summed E-state index contributed by atoms with van der Waals surface area (Å²) < 4.78 is 5.36. The highest BCUT2D eigenvalue weighted by atomic mass is 16.5. The smallest absolute Gasteiger partial charge is 0.122 e. The van der Waals surface area contributed by atoms with Gasteiger partial charge in [-0.2, -0.15) is 5.26 Å². The SMILES string of the molecule is COc1ccccc1CCN(C)c1ccc(C#N)cc1. The number of para-hydroxylation sites is 1. The first-order chi connectivity index (χ1) is 9.74. The number of likely N-dealkylation sites (N-methyl/N-ethyl adjacent to an activating group) is 1. The van der Waals surface area contributed by atoms with Crippen LogP contribution in [0, 0.1) is 11.3 Å². The predicted molar refractivity (Wildman–Crippen MR) is 81.1 cm³/mol. The van der Waals surface area contributed by atoms with Crippen LogP contribution >= 0.6 is 0 Å². The van der Waals surface area contributed by atoms with E-state index < -0.39 is 0 Å². The molecule has 0 saturated carbocycles. The molecular formula is C17H18N2O. The molecular weight excluding hydrogens is 248 g/mol. The van der Waals surface area contributed by atoms with Crippen molar-refractivity contribution in [3.63, 3.8) is 0 Å². The summed E-state index contributed by atoms with van der Waals surface area (Å²) in [5, 5.41) is 8.80. The third kappa shape index (κ3) is 3.30. The van der Waals surface area contributed by atoms with E-state index in [1.807, 2.05) is 42.5 Å². The van der Waals surface area contributed by atoms with Crippen LogP contribution in [0.3, 0.4) is 0 Å². The van der Waals surface area contributed by atoms with Crippen LogP contribution in [0.5, 0.6) is 5.75 Å². The number of hydrogen-bond donors (Lipinski definition) is 0. The molecule has 0 aromatic heterocycles. The van der Waals surface area contributed by atoms with E-state index in [0.717, 1.165) is 24.4 Å². The summed E-state index contributed by atoms with van der Waals surface area (Å²) in [4.78, 5) is 2.17. The normalized spacial score (nSPS) is 9.85. The first-order valence-corrected chi connectivity index (χ1v) is 6.58. The maximum atomic E-state index is 8.80. The topological polar surface area (TPSA) is 36.3 Å². The second-order valence-corrected chi connectivity index (χ2v) is 4.64. The Morgan fingerprint density at radius 1 is 1.10 bits per heavy atom. The lowest BCUT2D eigenvalue weighted by molar-refractivity contribution is 0.409. The van der Waals surface area contributed by atoms with E-state index in [-0.39, 0.29) is 0 Å². The van der Waals surface area contributed by atoms with Crippen molar-refractivity contribution < 1.29 is 4.74 Å². The van der Waals surface area contributed by atoms with Crippen LogP contribution in [0.25, 0.3) is 0 Å². The highest BCUT2D eigenvalue weighted by Crippen LogP contribution is 2.19. The van der Waals surface area contributed by atoms with E-state index in [2.05, 4.69) is 24.1 Å². The molecule has 2 aromatic carbocycles. The second kappa shape index (κ2) is 6.63. The molecule has 3 nitrogen and oxygen atoms in total. The van der Waals surface area contributed by atoms with Gasteiger partial charge in [0.1, 0.15) is 5.75 Å². The van der Waals surface area contributed by atoms with Gasteiger partial charge >= 0.3 is 0 Å². The molecule has 0 saturated heterocycles. The Hall–Kier alpha value is -2.47. The zero-order valence-corrected chi connectivity index (χ0v) is 11.8. The van der Waals surface area contributed by atoms with Gasteiger partial charge in [0.2, 0.25) is 0 Å². The lowest BCUT2D eigenvalue weighted by Crippen LogP contribution is -2.20. The average molecular weight is 266 g/mol. The lowest BCUT2D eigenvalue weighted by Gasteiger charge is -2.20. The van der Waals surface area contributed by atoms with Crippen molar-refractivity contribution in [2.75, 3.05) is 25.6 Å². The van der Waals surface area contributed by atoms with Gasteiger partial charge in [0.15, 0.2) is 0 Å². The summed E-state index contributed by atoms with van der Waals surface area (Å²) in [6.45, 7) is 0.895. The third-order valence-corrected chi connectivity index (χ3v) is 3.35. The predicted octanol–water partition coefficient (Wildman–Crippen LogP) is 3.25. The minimum Gasteiger partial charge on any atom is -0.496 e. The van der Waals surface area contributed by atoms with E-state index in [1.165, 1.54) is 5.56 Å². The zero-order chi connectivity index (χ0) is 14.4. The molecule has 0 fully saturated rings. The molecule has 0 aliphatic heterocycles. The Balaban J connectivity index is 2.01. The monoisotopic (exact) mass is 266 g/mol. The number of nitrogens with zero attached hydrogens (tertiary/aromatic N) is 2. The van der Waals surface area contributed by atoms with Crippen molar-refractivity contribution in [1.82, 2.24) is 0 Å². The number of ether oxygens (including phenoxy) is 1. The number of nitriles is 1. The summed E-state index contributed by atoms with van der Waals surface area (Å²) in [6.07, 6.45) is 0.917. The molecule has 0 heterocycles. The molecule has 2 rings (SSSR count). The first-order valence-electron chi connectivity index (χ1n) is 6.58. The number of methoxy groups -OCH3 is 1. The number of rotatable bonds is 5. The fourth-order valence-electron chi connectivity index (χ4n) is 2.12. The average Bonchev–Trinajstić information content (AvgIpc) is 2.53. The van der Waals surface area contributed by atoms with E-state index in [1.54, 1.807) is 7.11 Å². The first kappa shape index (κ1) is 14.0. The van der Waals surface area contributed by atoms with Gasteiger partial charge in [0, 0.05) is 19.3 Å². The van der Waals surface area contributed by atoms with Crippen molar-refractivity contribution in [2.24, 2.45) is 0 Å². The van der Waals surface area contributed by atoms with E-state index in [0.29, 0.717) is 5.56 Å². The summed E-state index contributed by atoms with van der Waals surface area (Å²) in [7, 11) is 3.75. The van der Waals surface area contributed by atoms with Gasteiger partial charge in [0.05, 0.1) is 18.7 Å². The summed E-state index contributed by atoms with van der Waals surface area (Å²) in [5.41, 5.74) is 3.00. The van der Waals surface area contributed by atoms with Gasteiger partial charge in [-0.25, -0.2) is 0 Å². The minimum absolute atomic E-state index is 0.687. The molecule has 2 aromatic rings. The van der Waals surface area contributed by atoms with E-state index >= 15 is 0 Å². The molecule has 0 N–H and O–H groups in total. The zero-order valence-electron chi connectivity index (χ0n) is 11.8. The van der Waals surface area contributed by atoms with Crippen LogP contribution in [-0.4, -0.2) is 20.7 Å². The molecule has 0 spiro atoms. The van der Waals surface area contributed by atoms with Crippen LogP contribution in [0.15, 0.2) is 48.5 Å². The summed E-state index contributed by atoms with van der Waals surface area (Å²) >= 11 is 0. The van der Waals surface area contributed by atoms with Crippen molar-refractivity contribution >= 4 is 5.69 Å². The third-order valence-electron chi connectivity index (χ3n) is 3.35.